The predicted molar refractivity (Wildman–Crippen MR) is 156 cm³/mol. The number of esters is 1. The second-order valence-corrected chi connectivity index (χ2v) is 10.1. The Kier molecular flexibility index (Phi) is 9.37. The first-order valence-electron chi connectivity index (χ1n) is 13.6. The first-order valence-corrected chi connectivity index (χ1v) is 14.0. The number of hydrogen-bond acceptors (Lipinski definition) is 8. The molecule has 0 fully saturated rings. The van der Waals surface area contributed by atoms with E-state index in [0.29, 0.717) is 23.6 Å². The van der Waals surface area contributed by atoms with Crippen LogP contribution in [-0.4, -0.2) is 46.4 Å². The Morgan fingerprint density at radius 1 is 1.02 bits per heavy atom. The van der Waals surface area contributed by atoms with Crippen LogP contribution in [0.2, 0.25) is 5.15 Å². The van der Waals surface area contributed by atoms with Gasteiger partial charge in [-0.1, -0.05) is 85.6 Å². The van der Waals surface area contributed by atoms with Crippen LogP contribution >= 0.6 is 11.6 Å². The number of benzene rings is 3. The lowest BCUT2D eigenvalue weighted by Crippen LogP contribution is -2.13. The zero-order chi connectivity index (χ0) is 30.2. The molecule has 12 nitrogen and oxygen atoms in total. The van der Waals surface area contributed by atoms with Crippen molar-refractivity contribution in [1.29, 1.82) is 0 Å². The lowest BCUT2D eigenvalue weighted by atomic mass is 9.98. The summed E-state index contributed by atoms with van der Waals surface area (Å²) in [5, 5.41) is 22.8. The van der Waals surface area contributed by atoms with Crippen LogP contribution in [0.3, 0.4) is 0 Å². The minimum atomic E-state index is -0.632. The van der Waals surface area contributed by atoms with E-state index in [1.54, 1.807) is 18.2 Å². The molecule has 0 bridgehead atoms. The summed E-state index contributed by atoms with van der Waals surface area (Å²) in [5.41, 5.74) is 5.24. The van der Waals surface area contributed by atoms with E-state index in [1.807, 2.05) is 53.1 Å². The topological polar surface area (TPSA) is 148 Å². The molecule has 13 heteroatoms. The lowest BCUT2D eigenvalue weighted by Gasteiger charge is -2.14. The molecule has 2 heterocycles. The molecule has 0 atom stereocenters. The van der Waals surface area contributed by atoms with E-state index in [2.05, 4.69) is 37.4 Å². The summed E-state index contributed by atoms with van der Waals surface area (Å²) in [7, 11) is 0. The maximum Gasteiger partial charge on any atom is 0.475 e. The van der Waals surface area contributed by atoms with Gasteiger partial charge in [0.25, 0.3) is 0 Å². The van der Waals surface area contributed by atoms with Gasteiger partial charge in [0.15, 0.2) is 11.8 Å². The number of aromatic amines is 1. The van der Waals surface area contributed by atoms with Gasteiger partial charge in [-0.15, -0.1) is 10.2 Å². The van der Waals surface area contributed by atoms with Gasteiger partial charge in [0, 0.05) is 18.5 Å². The van der Waals surface area contributed by atoms with Crippen LogP contribution < -0.4 is 0 Å². The molecular weight excluding hydrogens is 574 g/mol. The number of hydrogen-bond donors (Lipinski definition) is 2. The third-order valence-corrected chi connectivity index (χ3v) is 7.12. The van der Waals surface area contributed by atoms with Gasteiger partial charge in [0.1, 0.15) is 17.3 Å². The smallest absolute Gasteiger partial charge is 0.456 e. The molecule has 0 aliphatic carbocycles. The molecule has 0 saturated heterocycles. The van der Waals surface area contributed by atoms with E-state index in [-0.39, 0.29) is 23.9 Å². The number of carbonyl (C=O) groups excluding carboxylic acids is 1. The van der Waals surface area contributed by atoms with Gasteiger partial charge in [-0.3, -0.25) is 0 Å². The molecule has 220 valence electrons. The zero-order valence-electron chi connectivity index (χ0n) is 23.3. The summed E-state index contributed by atoms with van der Waals surface area (Å²) in [5.74, 6) is 0.759. The number of ether oxygens (including phenoxy) is 1. The quantitative estimate of drug-likeness (QED) is 0.127. The second kappa shape index (κ2) is 13.7. The minimum absolute atomic E-state index is 0.0847. The van der Waals surface area contributed by atoms with Gasteiger partial charge in [0.2, 0.25) is 5.82 Å². The Bertz CT molecular complexity index is 1700. The van der Waals surface area contributed by atoms with E-state index >= 15 is 0 Å². The summed E-state index contributed by atoms with van der Waals surface area (Å²) >= 11 is 6.58. The van der Waals surface area contributed by atoms with Crippen LogP contribution in [-0.2, 0) is 35.8 Å². The van der Waals surface area contributed by atoms with Crippen LogP contribution in [0.1, 0.15) is 52.8 Å². The van der Waals surface area contributed by atoms with Gasteiger partial charge in [-0.2, -0.15) is 10.1 Å². The summed E-state index contributed by atoms with van der Waals surface area (Å²) in [6.07, 6.45) is 2.65. The lowest BCUT2D eigenvalue weighted by molar-refractivity contribution is -0.979. The third-order valence-electron chi connectivity index (χ3n) is 6.82. The predicted octanol–water partition coefficient (Wildman–Crippen LogP) is 5.73. The van der Waals surface area contributed by atoms with Crippen LogP contribution in [0.4, 0.5) is 0 Å². The number of nitrogens with one attached hydrogen (secondary N) is 1. The van der Waals surface area contributed by atoms with Gasteiger partial charge in [-0.05, 0) is 46.0 Å². The first-order chi connectivity index (χ1) is 20.9. The molecule has 43 heavy (non-hydrogen) atoms. The highest BCUT2D eigenvalue weighted by molar-refractivity contribution is 6.30. The summed E-state index contributed by atoms with van der Waals surface area (Å²) in [6.45, 7) is 2.30. The van der Waals surface area contributed by atoms with E-state index in [1.165, 1.54) is 6.07 Å². The average Bonchev–Trinajstić information content (AvgIpc) is 3.66. The monoisotopic (exact) mass is 602 g/mol. The summed E-state index contributed by atoms with van der Waals surface area (Å²) in [4.78, 5) is 32.6. The van der Waals surface area contributed by atoms with Gasteiger partial charge in [-0.25, -0.2) is 15.0 Å². The van der Waals surface area contributed by atoms with Crippen LogP contribution in [0.15, 0.2) is 72.8 Å². The molecule has 2 aromatic heterocycles. The van der Waals surface area contributed by atoms with Crippen molar-refractivity contribution in [3.05, 3.63) is 111 Å². The minimum Gasteiger partial charge on any atom is -0.456 e. The number of carbonyl (C=O) groups is 1. The van der Waals surface area contributed by atoms with Crippen molar-refractivity contribution in [1.82, 2.24) is 30.2 Å². The fraction of sp³-hybridized carbons (Fsp3) is 0.233. The number of aryl methyl sites for hydroxylation is 1. The molecule has 0 saturated carbocycles. The van der Waals surface area contributed by atoms with E-state index in [9.17, 15) is 9.70 Å². The van der Waals surface area contributed by atoms with Crippen LogP contribution in [0, 0.1) is 4.91 Å². The first kappa shape index (κ1) is 29.4. The van der Waals surface area contributed by atoms with E-state index in [0.717, 1.165) is 47.3 Å². The van der Waals surface area contributed by atoms with Crippen molar-refractivity contribution < 1.29 is 24.7 Å². The Hall–Kier alpha value is -5.10. The number of H-pyrrole nitrogens is 1. The van der Waals surface area contributed by atoms with Crippen molar-refractivity contribution in [2.75, 3.05) is 0 Å². The fourth-order valence-electron chi connectivity index (χ4n) is 4.67. The Morgan fingerprint density at radius 2 is 1.81 bits per heavy atom. The molecule has 3 aromatic carbocycles. The normalized spacial score (nSPS) is 10.9. The van der Waals surface area contributed by atoms with Crippen molar-refractivity contribution >= 4 is 17.6 Å². The molecule has 0 aliphatic heterocycles. The molecule has 5 aromatic rings. The SMILES string of the molecule is CCCCc1nc(Cl)c(COC(=O)c2cccc(CO[N+](=O)O)c2)n1Cc1ccc(-c2ccccc2-c2nn[nH]n2)cc1. The number of halogens is 1. The average molecular weight is 603 g/mol. The van der Waals surface area contributed by atoms with Crippen molar-refractivity contribution in [3.63, 3.8) is 0 Å². The molecular formula is C30H29ClN7O5+. The number of tetrazole rings is 1. The number of unbranched alkanes of at least 4 members (excludes halogenated alkanes) is 1. The largest absolute Gasteiger partial charge is 0.475 e. The van der Waals surface area contributed by atoms with Crippen LogP contribution in [0.25, 0.3) is 22.5 Å². The van der Waals surface area contributed by atoms with E-state index in [4.69, 9.17) is 21.5 Å². The Morgan fingerprint density at radius 3 is 2.53 bits per heavy atom. The highest BCUT2D eigenvalue weighted by atomic mass is 35.5. The van der Waals surface area contributed by atoms with Gasteiger partial charge < -0.3 is 9.30 Å². The molecule has 0 unspecified atom stereocenters. The third kappa shape index (κ3) is 7.22. The van der Waals surface area contributed by atoms with Crippen molar-refractivity contribution in [3.8, 4) is 22.5 Å². The standard InChI is InChI=1S/C30H29ClN7O5/c1-2-3-11-27-32-28(31)26(19-42-30(39)23-8-6-7-21(16-23)18-43-38(40)41)37(27)17-20-12-14-22(15-13-20)24-9-4-5-10-25(24)29-33-35-36-34-29/h4-10,12-16H,2-3,11,17-19H2,1H3,(H,40,41)(H,33,34,35,36)/q+1. The summed E-state index contributed by atoms with van der Waals surface area (Å²) < 4.78 is 7.63. The molecule has 5 rings (SSSR count). The maximum absolute atomic E-state index is 12.9. The number of aromatic nitrogens is 6. The molecule has 0 radical (unpaired) electrons. The second-order valence-electron chi connectivity index (χ2n) is 9.72. The highest BCUT2D eigenvalue weighted by Gasteiger charge is 2.19. The van der Waals surface area contributed by atoms with Crippen molar-refractivity contribution in [2.24, 2.45) is 0 Å². The van der Waals surface area contributed by atoms with Gasteiger partial charge >= 0.3 is 11.1 Å². The molecule has 2 N–H and O–H groups in total. The molecule has 0 aliphatic rings. The Labute approximate surface area is 251 Å². The maximum atomic E-state index is 12.9. The van der Waals surface area contributed by atoms with Crippen LogP contribution in [0.5, 0.6) is 0 Å². The number of rotatable bonds is 13. The molecule has 0 amide bonds. The Balaban J connectivity index is 1.35. The van der Waals surface area contributed by atoms with E-state index < -0.39 is 11.1 Å². The fourth-order valence-corrected chi connectivity index (χ4v) is 4.92. The number of imidazole rings is 1. The summed E-state index contributed by atoms with van der Waals surface area (Å²) in [6, 6.07) is 22.4. The zero-order valence-corrected chi connectivity index (χ0v) is 24.1. The highest BCUT2D eigenvalue weighted by Crippen LogP contribution is 2.30. The molecule has 0 spiro atoms. The van der Waals surface area contributed by atoms with Crippen molar-refractivity contribution in [2.45, 2.75) is 45.9 Å². The van der Waals surface area contributed by atoms with Gasteiger partial charge in [0.05, 0.1) is 11.3 Å². The number of nitrogens with zero attached hydrogens (tertiary/aromatic N) is 6.